The van der Waals surface area contributed by atoms with E-state index in [9.17, 15) is 0 Å². The lowest BCUT2D eigenvalue weighted by Gasteiger charge is -1.99. The molecule has 55 valence electrons. The number of H-pyrrole nitrogens is 1. The van der Waals surface area contributed by atoms with Crippen LogP contribution in [0.4, 0.5) is 0 Å². The number of aromatic amines is 1. The van der Waals surface area contributed by atoms with Gasteiger partial charge in [0.2, 0.25) is 5.88 Å². The number of nitrogens with zero attached hydrogens (tertiary/aromatic N) is 1. The first-order chi connectivity index (χ1) is 4.70. The van der Waals surface area contributed by atoms with Gasteiger partial charge in [-0.15, -0.1) is 0 Å². The molecule has 0 spiro atoms. The quantitative estimate of drug-likeness (QED) is 0.644. The van der Waals surface area contributed by atoms with Gasteiger partial charge < -0.3 is 5.11 Å². The Morgan fingerprint density at radius 1 is 1.70 bits per heavy atom. The summed E-state index contributed by atoms with van der Waals surface area (Å²) in [6, 6.07) is 0. The molecule has 1 aromatic rings. The van der Waals surface area contributed by atoms with Gasteiger partial charge in [0.15, 0.2) is 0 Å². The summed E-state index contributed by atoms with van der Waals surface area (Å²) in [7, 11) is 0. The highest BCUT2D eigenvalue weighted by molar-refractivity contribution is 5.19. The van der Waals surface area contributed by atoms with Gasteiger partial charge in [-0.1, -0.05) is 13.8 Å². The smallest absolute Gasteiger partial charge is 0.210 e. The summed E-state index contributed by atoms with van der Waals surface area (Å²) < 4.78 is 0. The molecule has 1 rings (SSSR count). The Morgan fingerprint density at radius 2 is 2.40 bits per heavy atom. The van der Waals surface area contributed by atoms with Crippen LogP contribution in [-0.2, 0) is 6.42 Å². The minimum atomic E-state index is 0.147. The topological polar surface area (TPSA) is 48.9 Å². The van der Waals surface area contributed by atoms with Gasteiger partial charge in [-0.25, -0.2) is 5.10 Å². The average molecular weight is 139 g/mol. The Kier molecular flexibility index (Phi) is 1.94. The van der Waals surface area contributed by atoms with E-state index in [1.54, 1.807) is 0 Å². The van der Waals surface area contributed by atoms with Crippen LogP contribution < -0.4 is 0 Å². The van der Waals surface area contributed by atoms with Crippen molar-refractivity contribution in [3.05, 3.63) is 11.8 Å². The van der Waals surface area contributed by atoms with E-state index in [1.807, 2.05) is 0 Å². The fourth-order valence-electron chi connectivity index (χ4n) is 0.819. The van der Waals surface area contributed by atoms with Gasteiger partial charge in [0.05, 0.1) is 0 Å². The third kappa shape index (κ3) is 1.50. The fraction of sp³-hybridized carbons (Fsp3) is 0.571. The SMILES string of the molecule is CC(C)Cc1[c]n[nH]c1O. The van der Waals surface area contributed by atoms with Crippen LogP contribution in [-0.4, -0.2) is 15.3 Å². The van der Waals surface area contributed by atoms with E-state index in [4.69, 9.17) is 5.11 Å². The molecule has 0 atom stereocenters. The summed E-state index contributed by atoms with van der Waals surface area (Å²) in [5.41, 5.74) is 0.773. The molecule has 0 saturated heterocycles. The minimum Gasteiger partial charge on any atom is -0.493 e. The molecule has 1 aromatic heterocycles. The van der Waals surface area contributed by atoms with Crippen LogP contribution in [0.15, 0.2) is 0 Å². The first-order valence-electron chi connectivity index (χ1n) is 3.34. The molecule has 0 aromatic carbocycles. The maximum atomic E-state index is 9.05. The number of hydrogen-bond donors (Lipinski definition) is 2. The van der Waals surface area contributed by atoms with E-state index in [1.165, 1.54) is 0 Å². The Balaban J connectivity index is 2.65. The number of nitrogens with one attached hydrogen (secondary N) is 1. The molecule has 0 unspecified atom stereocenters. The predicted molar refractivity (Wildman–Crippen MR) is 37.6 cm³/mol. The predicted octanol–water partition coefficient (Wildman–Crippen LogP) is 1.11. The molecule has 0 amide bonds. The number of hydrogen-bond acceptors (Lipinski definition) is 2. The number of aromatic nitrogens is 2. The molecule has 0 aliphatic heterocycles. The molecule has 2 N–H and O–H groups in total. The van der Waals surface area contributed by atoms with Gasteiger partial charge in [-0.2, -0.15) is 5.10 Å². The van der Waals surface area contributed by atoms with Gasteiger partial charge >= 0.3 is 0 Å². The molecule has 0 aliphatic rings. The van der Waals surface area contributed by atoms with Crippen molar-refractivity contribution in [3.8, 4) is 5.88 Å². The maximum absolute atomic E-state index is 9.05. The molecule has 1 radical (unpaired) electrons. The maximum Gasteiger partial charge on any atom is 0.210 e. The Morgan fingerprint density at radius 3 is 2.80 bits per heavy atom. The second-order valence-corrected chi connectivity index (χ2v) is 2.76. The Hall–Kier alpha value is -0.990. The van der Waals surface area contributed by atoms with Crippen molar-refractivity contribution in [2.75, 3.05) is 0 Å². The Labute approximate surface area is 60.1 Å². The van der Waals surface area contributed by atoms with Crippen LogP contribution in [0.25, 0.3) is 0 Å². The molecular weight excluding hydrogens is 128 g/mol. The lowest BCUT2D eigenvalue weighted by atomic mass is 10.1. The van der Waals surface area contributed by atoms with Gasteiger partial charge in [0, 0.05) is 5.56 Å². The third-order valence-electron chi connectivity index (χ3n) is 1.25. The van der Waals surface area contributed by atoms with Crippen LogP contribution in [0.2, 0.25) is 0 Å². The monoisotopic (exact) mass is 139 g/mol. The fourth-order valence-corrected chi connectivity index (χ4v) is 0.819. The van der Waals surface area contributed by atoms with E-state index < -0.39 is 0 Å². The molecule has 10 heavy (non-hydrogen) atoms. The van der Waals surface area contributed by atoms with Crippen LogP contribution in [0, 0.1) is 12.1 Å². The third-order valence-corrected chi connectivity index (χ3v) is 1.25. The summed E-state index contributed by atoms with van der Waals surface area (Å²) in [5.74, 6) is 0.674. The molecule has 0 bridgehead atoms. The zero-order valence-corrected chi connectivity index (χ0v) is 6.18. The van der Waals surface area contributed by atoms with Crippen LogP contribution in [0.5, 0.6) is 5.88 Å². The minimum absolute atomic E-state index is 0.147. The van der Waals surface area contributed by atoms with Crippen LogP contribution in [0.1, 0.15) is 19.4 Å². The molecule has 3 nitrogen and oxygen atoms in total. The van der Waals surface area contributed by atoms with Crippen LogP contribution >= 0.6 is 0 Å². The first-order valence-corrected chi connectivity index (χ1v) is 3.34. The largest absolute Gasteiger partial charge is 0.493 e. The standard InChI is InChI=1S/C7H11N2O/c1-5(2)3-6-4-8-9-7(6)10/h5H,3H2,1-2H3,(H2,8,9,10). The van der Waals surface area contributed by atoms with E-state index in [-0.39, 0.29) is 5.88 Å². The van der Waals surface area contributed by atoms with Crippen molar-refractivity contribution in [2.45, 2.75) is 20.3 Å². The molecule has 0 saturated carbocycles. The zero-order valence-electron chi connectivity index (χ0n) is 6.18. The van der Waals surface area contributed by atoms with Crippen molar-refractivity contribution < 1.29 is 5.11 Å². The first kappa shape index (κ1) is 7.12. The summed E-state index contributed by atoms with van der Waals surface area (Å²) in [5, 5.41) is 15.0. The van der Waals surface area contributed by atoms with E-state index >= 15 is 0 Å². The number of rotatable bonds is 2. The van der Waals surface area contributed by atoms with E-state index in [0.29, 0.717) is 5.92 Å². The summed E-state index contributed by atoms with van der Waals surface area (Å²) in [4.78, 5) is 0. The highest BCUT2D eigenvalue weighted by atomic mass is 16.3. The zero-order chi connectivity index (χ0) is 7.56. The van der Waals surface area contributed by atoms with Crippen molar-refractivity contribution >= 4 is 0 Å². The number of aromatic hydroxyl groups is 1. The molecule has 3 heteroatoms. The second kappa shape index (κ2) is 2.73. The van der Waals surface area contributed by atoms with E-state index in [0.717, 1.165) is 12.0 Å². The van der Waals surface area contributed by atoms with Gasteiger partial charge in [0.1, 0.15) is 6.20 Å². The van der Waals surface area contributed by atoms with Gasteiger partial charge in [0.25, 0.3) is 0 Å². The summed E-state index contributed by atoms with van der Waals surface area (Å²) >= 11 is 0. The average Bonchev–Trinajstić information content (AvgIpc) is 2.15. The van der Waals surface area contributed by atoms with Crippen molar-refractivity contribution in [1.82, 2.24) is 10.2 Å². The van der Waals surface area contributed by atoms with Crippen molar-refractivity contribution in [3.63, 3.8) is 0 Å². The Bertz CT molecular complexity index is 205. The van der Waals surface area contributed by atoms with Gasteiger partial charge in [-0.05, 0) is 12.3 Å². The van der Waals surface area contributed by atoms with Crippen LogP contribution in [0.3, 0.4) is 0 Å². The molecule has 1 heterocycles. The second-order valence-electron chi connectivity index (χ2n) is 2.76. The van der Waals surface area contributed by atoms with Gasteiger partial charge in [-0.3, -0.25) is 0 Å². The summed E-state index contributed by atoms with van der Waals surface area (Å²) in [6.45, 7) is 4.17. The highest BCUT2D eigenvalue weighted by Crippen LogP contribution is 2.14. The lowest BCUT2D eigenvalue weighted by molar-refractivity contribution is 0.441. The lowest BCUT2D eigenvalue weighted by Crippen LogP contribution is -1.92. The molecule has 0 aliphatic carbocycles. The van der Waals surface area contributed by atoms with E-state index in [2.05, 4.69) is 30.2 Å². The van der Waals surface area contributed by atoms with Crippen molar-refractivity contribution in [2.24, 2.45) is 5.92 Å². The van der Waals surface area contributed by atoms with Crippen molar-refractivity contribution in [1.29, 1.82) is 0 Å². The molecule has 0 fully saturated rings. The highest BCUT2D eigenvalue weighted by Gasteiger charge is 2.04. The molecular formula is C7H11N2O. The summed E-state index contributed by atoms with van der Waals surface area (Å²) in [6.07, 6.45) is 3.50. The normalized spacial score (nSPS) is 10.7.